The van der Waals surface area contributed by atoms with Gasteiger partial charge in [0, 0.05) is 47.2 Å². The fraction of sp³-hybridized carbons (Fsp3) is 0.324. The first-order valence-electron chi connectivity index (χ1n) is 15.0. The van der Waals surface area contributed by atoms with Crippen LogP contribution < -0.4 is 0 Å². The molecule has 2 N–H and O–H groups in total. The number of rotatable bonds is 12. The number of unbranched alkanes of at least 4 members (excludes halogenated alkanes) is 6. The molecular formula is C34H35N3O7. The van der Waals surface area contributed by atoms with Crippen LogP contribution in [0.2, 0.25) is 0 Å². The summed E-state index contributed by atoms with van der Waals surface area (Å²) >= 11 is 0. The van der Waals surface area contributed by atoms with Crippen molar-refractivity contribution >= 4 is 28.1 Å². The smallest absolute Gasteiger partial charge is 0.269 e. The Morgan fingerprint density at radius 2 is 1.20 bits per heavy atom. The van der Waals surface area contributed by atoms with Gasteiger partial charge in [-0.1, -0.05) is 81.8 Å². The summed E-state index contributed by atoms with van der Waals surface area (Å²) in [7, 11) is 0. The first kappa shape index (κ1) is 30.5. The van der Waals surface area contributed by atoms with Gasteiger partial charge in [-0.05, 0) is 35.1 Å². The SMILES string of the molecule is CCCCCCCCCC(=O)N1C(c2cccc([N+](=O)[O-])c2)c2c(O)ccc3ccc(O)c(c23)C1c1cccc([N+](=O)[O-])c1. The van der Waals surface area contributed by atoms with Crippen LogP contribution in [-0.2, 0) is 4.79 Å². The van der Waals surface area contributed by atoms with Crippen LogP contribution in [0.15, 0.2) is 72.8 Å². The number of aromatic hydroxyl groups is 2. The molecule has 0 aliphatic carbocycles. The molecule has 0 fully saturated rings. The van der Waals surface area contributed by atoms with Crippen LogP contribution in [-0.4, -0.2) is 30.9 Å². The molecule has 0 saturated carbocycles. The van der Waals surface area contributed by atoms with E-state index in [1.54, 1.807) is 24.3 Å². The van der Waals surface area contributed by atoms with Gasteiger partial charge in [-0.2, -0.15) is 0 Å². The second-order valence-electron chi connectivity index (χ2n) is 11.3. The number of nitro benzene ring substituents is 2. The van der Waals surface area contributed by atoms with Crippen molar-refractivity contribution < 1.29 is 24.9 Å². The maximum atomic E-state index is 14.4. The van der Waals surface area contributed by atoms with E-state index in [1.807, 2.05) is 0 Å². The Kier molecular flexibility index (Phi) is 9.08. The zero-order valence-electron chi connectivity index (χ0n) is 24.5. The monoisotopic (exact) mass is 597 g/mol. The van der Waals surface area contributed by atoms with Crippen molar-refractivity contribution in [3.63, 3.8) is 0 Å². The number of hydrogen-bond acceptors (Lipinski definition) is 7. The van der Waals surface area contributed by atoms with Gasteiger partial charge in [-0.15, -0.1) is 0 Å². The number of phenolic OH excluding ortho intramolecular Hbond substituents is 2. The van der Waals surface area contributed by atoms with Crippen LogP contribution in [0.5, 0.6) is 11.5 Å². The van der Waals surface area contributed by atoms with Gasteiger partial charge in [0.2, 0.25) is 5.91 Å². The van der Waals surface area contributed by atoms with Crippen molar-refractivity contribution in [3.05, 3.63) is 115 Å². The van der Waals surface area contributed by atoms with Crippen molar-refractivity contribution in [3.8, 4) is 11.5 Å². The lowest BCUT2D eigenvalue weighted by molar-refractivity contribution is -0.385. The fourth-order valence-corrected chi connectivity index (χ4v) is 6.35. The predicted octanol–water partition coefficient (Wildman–Crippen LogP) is 8.23. The molecule has 0 spiro atoms. The molecule has 5 rings (SSSR count). The lowest BCUT2D eigenvalue weighted by atomic mass is 9.79. The minimum Gasteiger partial charge on any atom is -0.508 e. The lowest BCUT2D eigenvalue weighted by Gasteiger charge is -2.44. The van der Waals surface area contributed by atoms with Gasteiger partial charge in [0.1, 0.15) is 11.5 Å². The van der Waals surface area contributed by atoms with Crippen LogP contribution >= 0.6 is 0 Å². The molecule has 2 unspecified atom stereocenters. The normalized spacial score (nSPS) is 15.8. The van der Waals surface area contributed by atoms with Gasteiger partial charge in [0.15, 0.2) is 0 Å². The highest BCUT2D eigenvalue weighted by molar-refractivity contribution is 5.97. The van der Waals surface area contributed by atoms with Gasteiger partial charge in [0.05, 0.1) is 21.9 Å². The van der Waals surface area contributed by atoms with Crippen LogP contribution in [0.4, 0.5) is 11.4 Å². The summed E-state index contributed by atoms with van der Waals surface area (Å²) in [4.78, 5) is 38.5. The zero-order valence-corrected chi connectivity index (χ0v) is 24.5. The Labute approximate surface area is 254 Å². The van der Waals surface area contributed by atoms with Gasteiger partial charge in [-0.3, -0.25) is 25.0 Å². The molecule has 1 amide bonds. The highest BCUT2D eigenvalue weighted by Gasteiger charge is 2.43. The average molecular weight is 598 g/mol. The minimum atomic E-state index is -0.978. The predicted molar refractivity (Wildman–Crippen MR) is 167 cm³/mol. The number of amides is 1. The Morgan fingerprint density at radius 1 is 0.727 bits per heavy atom. The number of carbonyl (C=O) groups is 1. The summed E-state index contributed by atoms with van der Waals surface area (Å²) in [6, 6.07) is 16.3. The third kappa shape index (κ3) is 5.92. The number of nitro groups is 2. The van der Waals surface area contributed by atoms with Crippen molar-refractivity contribution in [2.45, 2.75) is 70.4 Å². The van der Waals surface area contributed by atoms with E-state index in [9.17, 15) is 35.2 Å². The first-order chi connectivity index (χ1) is 21.2. The highest BCUT2D eigenvalue weighted by atomic mass is 16.6. The van der Waals surface area contributed by atoms with E-state index < -0.39 is 21.9 Å². The number of hydrogen-bond donors (Lipinski definition) is 2. The molecule has 2 atom stereocenters. The fourth-order valence-electron chi connectivity index (χ4n) is 6.35. The number of nitrogens with zero attached hydrogens (tertiary/aromatic N) is 3. The molecule has 44 heavy (non-hydrogen) atoms. The first-order valence-corrected chi connectivity index (χ1v) is 15.0. The van der Waals surface area contributed by atoms with Gasteiger partial charge in [0.25, 0.3) is 11.4 Å². The van der Waals surface area contributed by atoms with Gasteiger partial charge >= 0.3 is 0 Å². The standard InChI is InChI=1S/C34H35N3O7/c1-2-3-4-5-6-7-8-15-29(40)35-33(23-11-9-13-25(20-23)36(41)42)31-27(38)18-16-22-17-19-28(39)32(30(22)31)34(35)24-12-10-14-26(21-24)37(43)44/h9-14,16-21,33-34,38-39H,2-8,15H2,1H3. The van der Waals surface area contributed by atoms with E-state index in [4.69, 9.17) is 0 Å². The van der Waals surface area contributed by atoms with Gasteiger partial charge < -0.3 is 15.1 Å². The van der Waals surface area contributed by atoms with Crippen molar-refractivity contribution in [1.82, 2.24) is 4.90 Å². The summed E-state index contributed by atoms with van der Waals surface area (Å²) in [6.07, 6.45) is 7.11. The second kappa shape index (κ2) is 13.1. The summed E-state index contributed by atoms with van der Waals surface area (Å²) in [5.41, 5.74) is 1.12. The Bertz CT molecular complexity index is 1610. The number of phenols is 2. The van der Waals surface area contributed by atoms with E-state index in [0.29, 0.717) is 39.4 Å². The zero-order chi connectivity index (χ0) is 31.4. The maximum Gasteiger partial charge on any atom is 0.269 e. The van der Waals surface area contributed by atoms with Crippen LogP contribution in [0.3, 0.4) is 0 Å². The molecule has 1 heterocycles. The average Bonchev–Trinajstić information content (AvgIpc) is 3.02. The Balaban J connectivity index is 1.71. The van der Waals surface area contributed by atoms with Crippen molar-refractivity contribution in [2.24, 2.45) is 0 Å². The topological polar surface area (TPSA) is 147 Å². The van der Waals surface area contributed by atoms with E-state index in [0.717, 1.165) is 32.1 Å². The van der Waals surface area contributed by atoms with Crippen LogP contribution in [0, 0.1) is 20.2 Å². The molecule has 0 bridgehead atoms. The molecule has 0 saturated heterocycles. The largest absolute Gasteiger partial charge is 0.508 e. The minimum absolute atomic E-state index is 0.132. The van der Waals surface area contributed by atoms with Gasteiger partial charge in [-0.25, -0.2) is 0 Å². The molecule has 4 aromatic carbocycles. The summed E-state index contributed by atoms with van der Waals surface area (Å²) in [5, 5.41) is 47.4. The quantitative estimate of drug-likeness (QED) is 0.0949. The van der Waals surface area contributed by atoms with Crippen molar-refractivity contribution in [1.29, 1.82) is 0 Å². The summed E-state index contributed by atoms with van der Waals surface area (Å²) < 4.78 is 0. The molecule has 0 radical (unpaired) electrons. The summed E-state index contributed by atoms with van der Waals surface area (Å²) in [6.45, 7) is 2.15. The van der Waals surface area contributed by atoms with E-state index in [1.165, 1.54) is 59.9 Å². The molecule has 4 aromatic rings. The molecule has 0 aromatic heterocycles. The van der Waals surface area contributed by atoms with Crippen LogP contribution in [0.1, 0.15) is 92.6 Å². The van der Waals surface area contributed by atoms with Crippen molar-refractivity contribution in [2.75, 3.05) is 0 Å². The summed E-state index contributed by atoms with van der Waals surface area (Å²) in [5.74, 6) is -0.559. The molecule has 10 nitrogen and oxygen atoms in total. The maximum absolute atomic E-state index is 14.4. The molecule has 1 aliphatic rings. The Hall–Kier alpha value is -4.99. The molecule has 1 aliphatic heterocycles. The number of benzene rings is 4. The third-order valence-electron chi connectivity index (χ3n) is 8.40. The lowest BCUT2D eigenvalue weighted by Crippen LogP contribution is -2.42. The molecule has 10 heteroatoms. The Morgan fingerprint density at radius 3 is 1.68 bits per heavy atom. The molecular weight excluding hydrogens is 562 g/mol. The molecule has 228 valence electrons. The number of carbonyl (C=O) groups excluding carboxylic acids is 1. The highest BCUT2D eigenvalue weighted by Crippen LogP contribution is 2.54. The second-order valence-corrected chi connectivity index (χ2v) is 11.3. The van der Waals surface area contributed by atoms with Crippen LogP contribution in [0.25, 0.3) is 10.8 Å². The third-order valence-corrected chi connectivity index (χ3v) is 8.40. The van der Waals surface area contributed by atoms with E-state index in [-0.39, 0.29) is 35.2 Å². The number of non-ortho nitro benzene ring substituents is 2. The van der Waals surface area contributed by atoms with E-state index in [2.05, 4.69) is 6.92 Å². The van der Waals surface area contributed by atoms with E-state index >= 15 is 0 Å².